The van der Waals surface area contributed by atoms with Gasteiger partial charge in [0.2, 0.25) is 0 Å². The summed E-state index contributed by atoms with van der Waals surface area (Å²) >= 11 is 6.55. The quantitative estimate of drug-likeness (QED) is 0.659. The summed E-state index contributed by atoms with van der Waals surface area (Å²) in [5.41, 5.74) is 0.515. The largest absolute Gasteiger partial charge is 0.459 e. The highest BCUT2D eigenvalue weighted by molar-refractivity contribution is 9.11. The van der Waals surface area contributed by atoms with Crippen molar-refractivity contribution in [1.29, 1.82) is 0 Å². The van der Waals surface area contributed by atoms with Gasteiger partial charge in [0.25, 0.3) is 0 Å². The van der Waals surface area contributed by atoms with Crippen LogP contribution in [-0.2, 0) is 14.3 Å². The van der Waals surface area contributed by atoms with Crippen LogP contribution < -0.4 is 5.32 Å². The second-order valence-electron chi connectivity index (χ2n) is 2.80. The van der Waals surface area contributed by atoms with Gasteiger partial charge in [0.05, 0.1) is 12.3 Å². The summed E-state index contributed by atoms with van der Waals surface area (Å²) < 4.78 is 6.11. The lowest BCUT2D eigenvalue weighted by molar-refractivity contribution is -0.152. The van der Waals surface area contributed by atoms with Gasteiger partial charge in [-0.1, -0.05) is 15.9 Å². The maximum Gasteiger partial charge on any atom is 0.397 e. The molecule has 0 saturated carbocycles. The molecule has 1 aromatic carbocycles. The van der Waals surface area contributed by atoms with Gasteiger partial charge in [-0.25, -0.2) is 4.79 Å². The molecule has 1 amide bonds. The van der Waals surface area contributed by atoms with E-state index in [0.29, 0.717) is 10.2 Å². The molecule has 0 aliphatic carbocycles. The Morgan fingerprint density at radius 1 is 1.38 bits per heavy atom. The van der Waals surface area contributed by atoms with Crippen molar-refractivity contribution >= 4 is 49.4 Å². The van der Waals surface area contributed by atoms with Gasteiger partial charge in [0.1, 0.15) is 0 Å². The van der Waals surface area contributed by atoms with Crippen LogP contribution in [0.3, 0.4) is 0 Å². The highest BCUT2D eigenvalue weighted by Gasteiger charge is 2.15. The second-order valence-corrected chi connectivity index (χ2v) is 4.57. The van der Waals surface area contributed by atoms with Crippen molar-refractivity contribution in [2.75, 3.05) is 11.9 Å². The van der Waals surface area contributed by atoms with Gasteiger partial charge in [0.15, 0.2) is 0 Å². The number of nitrogens with one attached hydrogen (secondary N) is 1. The summed E-state index contributed by atoms with van der Waals surface area (Å²) in [6.45, 7) is 1.81. The average Bonchev–Trinajstić information content (AvgIpc) is 2.22. The number of carbonyl (C=O) groups excluding carboxylic acids is 2. The number of carbonyl (C=O) groups is 2. The molecule has 0 aliphatic rings. The zero-order valence-electron chi connectivity index (χ0n) is 8.42. The first kappa shape index (κ1) is 13.2. The van der Waals surface area contributed by atoms with Crippen LogP contribution in [0, 0.1) is 0 Å². The van der Waals surface area contributed by atoms with E-state index in [-0.39, 0.29) is 6.61 Å². The zero-order chi connectivity index (χ0) is 12.1. The third-order valence-corrected chi connectivity index (χ3v) is 2.79. The van der Waals surface area contributed by atoms with Crippen molar-refractivity contribution in [1.82, 2.24) is 0 Å². The minimum absolute atomic E-state index is 0.174. The molecule has 0 aliphatic heterocycles. The number of esters is 1. The van der Waals surface area contributed by atoms with Gasteiger partial charge in [-0.2, -0.15) is 0 Å². The Morgan fingerprint density at radius 3 is 2.62 bits per heavy atom. The van der Waals surface area contributed by atoms with E-state index in [1.807, 2.05) is 0 Å². The van der Waals surface area contributed by atoms with Gasteiger partial charge in [-0.3, -0.25) is 4.79 Å². The summed E-state index contributed by atoms with van der Waals surface area (Å²) in [7, 11) is 0. The van der Waals surface area contributed by atoms with Crippen LogP contribution in [0.2, 0.25) is 0 Å². The Bertz CT molecular complexity index is 421. The van der Waals surface area contributed by atoms with Crippen LogP contribution in [0.15, 0.2) is 27.1 Å². The van der Waals surface area contributed by atoms with E-state index < -0.39 is 11.9 Å². The van der Waals surface area contributed by atoms with Crippen molar-refractivity contribution in [3.63, 3.8) is 0 Å². The smallest absolute Gasteiger partial charge is 0.397 e. The summed E-state index contributed by atoms with van der Waals surface area (Å²) in [5, 5.41) is 2.44. The Hall–Kier alpha value is -0.880. The summed E-state index contributed by atoms with van der Waals surface area (Å²) in [6, 6.07) is 5.19. The lowest BCUT2D eigenvalue weighted by Gasteiger charge is -2.06. The van der Waals surface area contributed by atoms with E-state index in [1.165, 1.54) is 0 Å². The minimum Gasteiger partial charge on any atom is -0.459 e. The second kappa shape index (κ2) is 6.00. The maximum absolute atomic E-state index is 11.3. The number of halogens is 2. The SMILES string of the molecule is CCOC(=O)C(=O)Nc1ccc(Br)cc1Br. The molecule has 4 nitrogen and oxygen atoms in total. The topological polar surface area (TPSA) is 55.4 Å². The lowest BCUT2D eigenvalue weighted by atomic mass is 10.3. The van der Waals surface area contributed by atoms with E-state index in [2.05, 4.69) is 41.9 Å². The monoisotopic (exact) mass is 349 g/mol. The van der Waals surface area contributed by atoms with Gasteiger partial charge < -0.3 is 10.1 Å². The molecule has 1 aromatic rings. The minimum atomic E-state index is -0.891. The van der Waals surface area contributed by atoms with Crippen molar-refractivity contribution in [2.24, 2.45) is 0 Å². The Kier molecular flexibility index (Phi) is 4.95. The molecular weight excluding hydrogens is 342 g/mol. The third-order valence-electron chi connectivity index (χ3n) is 1.64. The van der Waals surface area contributed by atoms with E-state index in [4.69, 9.17) is 0 Å². The Morgan fingerprint density at radius 2 is 2.06 bits per heavy atom. The third kappa shape index (κ3) is 3.61. The fourth-order valence-electron chi connectivity index (χ4n) is 0.961. The molecule has 0 radical (unpaired) electrons. The highest BCUT2D eigenvalue weighted by Crippen LogP contribution is 2.25. The van der Waals surface area contributed by atoms with Gasteiger partial charge >= 0.3 is 11.9 Å². The van der Waals surface area contributed by atoms with E-state index in [1.54, 1.807) is 25.1 Å². The van der Waals surface area contributed by atoms with E-state index in [0.717, 1.165) is 4.47 Å². The van der Waals surface area contributed by atoms with Crippen LogP contribution in [0.25, 0.3) is 0 Å². The van der Waals surface area contributed by atoms with Crippen LogP contribution in [-0.4, -0.2) is 18.5 Å². The van der Waals surface area contributed by atoms with Gasteiger partial charge in [-0.15, -0.1) is 0 Å². The summed E-state index contributed by atoms with van der Waals surface area (Å²) in [4.78, 5) is 22.4. The molecule has 0 unspecified atom stereocenters. The number of hydrogen-bond donors (Lipinski definition) is 1. The van der Waals surface area contributed by atoms with Crippen molar-refractivity contribution < 1.29 is 14.3 Å². The number of amides is 1. The molecule has 0 fully saturated rings. The predicted molar refractivity (Wildman–Crippen MR) is 67.1 cm³/mol. The van der Waals surface area contributed by atoms with Crippen LogP contribution in [0.1, 0.15) is 6.92 Å². The van der Waals surface area contributed by atoms with Crippen LogP contribution >= 0.6 is 31.9 Å². The molecule has 0 heterocycles. The van der Waals surface area contributed by atoms with Gasteiger partial charge in [-0.05, 0) is 41.1 Å². The fourth-order valence-corrected chi connectivity index (χ4v) is 2.11. The maximum atomic E-state index is 11.3. The Labute approximate surface area is 110 Å². The number of hydrogen-bond acceptors (Lipinski definition) is 3. The van der Waals surface area contributed by atoms with Gasteiger partial charge in [0, 0.05) is 8.95 Å². The number of rotatable bonds is 2. The molecule has 86 valence electrons. The predicted octanol–water partition coefficient (Wildman–Crippen LogP) is 2.71. The van der Waals surface area contributed by atoms with E-state index in [9.17, 15) is 9.59 Å². The molecule has 16 heavy (non-hydrogen) atoms. The standard InChI is InChI=1S/C10H9Br2NO3/c1-2-16-10(15)9(14)13-8-4-3-6(11)5-7(8)12/h3-5H,2H2,1H3,(H,13,14). The molecule has 0 saturated heterocycles. The molecule has 0 atom stereocenters. The summed E-state index contributed by atoms with van der Waals surface area (Å²) in [5.74, 6) is -1.68. The van der Waals surface area contributed by atoms with E-state index >= 15 is 0 Å². The number of ether oxygens (including phenoxy) is 1. The molecule has 1 N–H and O–H groups in total. The zero-order valence-corrected chi connectivity index (χ0v) is 11.6. The first-order valence-electron chi connectivity index (χ1n) is 4.47. The number of anilines is 1. The molecule has 0 aromatic heterocycles. The Balaban J connectivity index is 2.73. The average molecular weight is 351 g/mol. The van der Waals surface area contributed by atoms with Crippen molar-refractivity contribution in [3.05, 3.63) is 27.1 Å². The molecule has 0 bridgehead atoms. The van der Waals surface area contributed by atoms with Crippen molar-refractivity contribution in [2.45, 2.75) is 6.92 Å². The highest BCUT2D eigenvalue weighted by atomic mass is 79.9. The summed E-state index contributed by atoms with van der Waals surface area (Å²) in [6.07, 6.45) is 0. The fraction of sp³-hybridized carbons (Fsp3) is 0.200. The number of benzene rings is 1. The first-order valence-corrected chi connectivity index (χ1v) is 6.06. The molecule has 6 heteroatoms. The van der Waals surface area contributed by atoms with Crippen LogP contribution in [0.4, 0.5) is 5.69 Å². The first-order chi connectivity index (χ1) is 7.54. The van der Waals surface area contributed by atoms with Crippen molar-refractivity contribution in [3.8, 4) is 0 Å². The normalized spacial score (nSPS) is 9.69. The lowest BCUT2D eigenvalue weighted by Crippen LogP contribution is -2.25. The molecule has 1 rings (SSSR count). The van der Waals surface area contributed by atoms with Crippen LogP contribution in [0.5, 0.6) is 0 Å². The molecular formula is C10H9Br2NO3. The molecule has 0 spiro atoms.